The summed E-state index contributed by atoms with van der Waals surface area (Å²) in [5, 5.41) is 5.05. The number of thiazole rings is 1. The van der Waals surface area contributed by atoms with E-state index in [1.165, 1.54) is 4.88 Å². The lowest BCUT2D eigenvalue weighted by Gasteiger charge is -2.20. The number of fused-ring (bicyclic) bond motifs is 1. The smallest absolute Gasteiger partial charge is 0.179 e. The van der Waals surface area contributed by atoms with E-state index in [0.29, 0.717) is 24.0 Å². The van der Waals surface area contributed by atoms with Gasteiger partial charge in [0.05, 0.1) is 5.02 Å². The second kappa shape index (κ2) is 5.99. The molecule has 1 N–H and O–H groups in total. The molecule has 0 fully saturated rings. The molecule has 4 nitrogen and oxygen atoms in total. The zero-order chi connectivity index (χ0) is 13.9. The van der Waals surface area contributed by atoms with Crippen LogP contribution in [0.25, 0.3) is 0 Å². The van der Waals surface area contributed by atoms with E-state index in [0.717, 1.165) is 29.4 Å². The zero-order valence-electron chi connectivity index (χ0n) is 11.1. The Labute approximate surface area is 126 Å². The van der Waals surface area contributed by atoms with Crippen LogP contribution in [0.1, 0.15) is 15.4 Å². The molecule has 0 saturated carbocycles. The van der Waals surface area contributed by atoms with Crippen LogP contribution < -0.4 is 14.8 Å². The molecule has 0 unspecified atom stereocenters. The van der Waals surface area contributed by atoms with Crippen molar-refractivity contribution in [3.8, 4) is 11.5 Å². The van der Waals surface area contributed by atoms with Crippen LogP contribution in [0.15, 0.2) is 18.3 Å². The number of nitrogens with one attached hydrogen (secondary N) is 1. The second-order valence-electron chi connectivity index (χ2n) is 4.57. The molecule has 1 aromatic heterocycles. The van der Waals surface area contributed by atoms with Gasteiger partial charge in [-0.25, -0.2) is 4.98 Å². The third-order valence-corrected chi connectivity index (χ3v) is 4.12. The summed E-state index contributed by atoms with van der Waals surface area (Å²) in [5.74, 6) is 1.38. The molecule has 0 atom stereocenters. The highest BCUT2D eigenvalue weighted by Crippen LogP contribution is 2.38. The normalized spacial score (nSPS) is 13.5. The third-order valence-electron chi connectivity index (χ3n) is 2.93. The van der Waals surface area contributed by atoms with Crippen molar-refractivity contribution in [3.05, 3.63) is 38.8 Å². The summed E-state index contributed by atoms with van der Waals surface area (Å²) in [6.45, 7) is 4.65. The van der Waals surface area contributed by atoms with Gasteiger partial charge in [-0.1, -0.05) is 11.6 Å². The van der Waals surface area contributed by atoms with E-state index < -0.39 is 0 Å². The number of hydrogen-bond donors (Lipinski definition) is 1. The number of benzene rings is 1. The van der Waals surface area contributed by atoms with Gasteiger partial charge in [0.15, 0.2) is 11.5 Å². The van der Waals surface area contributed by atoms with Crippen LogP contribution in [-0.2, 0) is 13.1 Å². The molecule has 0 bridgehead atoms. The predicted molar refractivity (Wildman–Crippen MR) is 79.8 cm³/mol. The maximum absolute atomic E-state index is 6.20. The average molecular weight is 311 g/mol. The summed E-state index contributed by atoms with van der Waals surface area (Å²) in [7, 11) is 0. The number of aryl methyl sites for hydroxylation is 1. The first-order valence-electron chi connectivity index (χ1n) is 6.42. The molecular formula is C14H15ClN2O2S. The van der Waals surface area contributed by atoms with Crippen molar-refractivity contribution in [2.45, 2.75) is 20.0 Å². The van der Waals surface area contributed by atoms with E-state index in [-0.39, 0.29) is 0 Å². The Morgan fingerprint density at radius 1 is 1.30 bits per heavy atom. The van der Waals surface area contributed by atoms with Crippen molar-refractivity contribution in [2.24, 2.45) is 0 Å². The molecule has 106 valence electrons. The highest BCUT2D eigenvalue weighted by Gasteiger charge is 2.16. The van der Waals surface area contributed by atoms with Crippen molar-refractivity contribution in [1.82, 2.24) is 10.3 Å². The van der Waals surface area contributed by atoms with Crippen LogP contribution in [0.4, 0.5) is 0 Å². The van der Waals surface area contributed by atoms with E-state index in [4.69, 9.17) is 21.1 Å². The molecule has 3 rings (SSSR count). The van der Waals surface area contributed by atoms with Crippen molar-refractivity contribution < 1.29 is 9.47 Å². The Kier molecular flexibility index (Phi) is 4.10. The Balaban J connectivity index is 1.64. The van der Waals surface area contributed by atoms with Crippen LogP contribution in [0, 0.1) is 6.92 Å². The number of halogens is 1. The van der Waals surface area contributed by atoms with Gasteiger partial charge >= 0.3 is 0 Å². The molecule has 0 amide bonds. The molecular weight excluding hydrogens is 296 g/mol. The maximum Gasteiger partial charge on any atom is 0.179 e. The Morgan fingerprint density at radius 3 is 2.95 bits per heavy atom. The number of nitrogens with zero attached hydrogens (tertiary/aromatic N) is 1. The summed E-state index contributed by atoms with van der Waals surface area (Å²) in [6.07, 6.45) is 1.89. The van der Waals surface area contributed by atoms with Gasteiger partial charge in [0.25, 0.3) is 0 Å². The molecule has 1 aromatic carbocycles. The minimum absolute atomic E-state index is 0.549. The molecule has 0 saturated heterocycles. The van der Waals surface area contributed by atoms with Crippen molar-refractivity contribution in [2.75, 3.05) is 13.2 Å². The SMILES string of the molecule is Cc1cnc(CNCc2cc(Cl)c3c(c2)OCCO3)s1. The first-order chi connectivity index (χ1) is 9.72. The van der Waals surface area contributed by atoms with E-state index in [1.807, 2.05) is 18.3 Å². The summed E-state index contributed by atoms with van der Waals surface area (Å²) >= 11 is 7.91. The fourth-order valence-corrected chi connectivity index (χ4v) is 3.11. The molecule has 6 heteroatoms. The van der Waals surface area contributed by atoms with Crippen molar-refractivity contribution in [3.63, 3.8) is 0 Å². The summed E-state index contributed by atoms with van der Waals surface area (Å²) in [4.78, 5) is 5.55. The Morgan fingerprint density at radius 2 is 2.15 bits per heavy atom. The first kappa shape index (κ1) is 13.7. The fraction of sp³-hybridized carbons (Fsp3) is 0.357. The van der Waals surface area contributed by atoms with Gasteiger partial charge in [0, 0.05) is 24.2 Å². The average Bonchev–Trinajstić information content (AvgIpc) is 2.85. The topological polar surface area (TPSA) is 43.4 Å². The Hall–Kier alpha value is -1.30. The van der Waals surface area contributed by atoms with E-state index in [2.05, 4.69) is 17.2 Å². The van der Waals surface area contributed by atoms with E-state index >= 15 is 0 Å². The molecule has 0 radical (unpaired) electrons. The summed E-state index contributed by atoms with van der Waals surface area (Å²) in [6, 6.07) is 3.88. The van der Waals surface area contributed by atoms with Gasteiger partial charge in [-0.3, -0.25) is 0 Å². The molecule has 1 aliphatic rings. The molecule has 0 spiro atoms. The van der Waals surface area contributed by atoms with Crippen LogP contribution in [-0.4, -0.2) is 18.2 Å². The maximum atomic E-state index is 6.20. The van der Waals surface area contributed by atoms with Crippen LogP contribution >= 0.6 is 22.9 Å². The number of ether oxygens (including phenoxy) is 2. The molecule has 2 heterocycles. The predicted octanol–water partition coefficient (Wildman–Crippen LogP) is 3.17. The summed E-state index contributed by atoms with van der Waals surface area (Å²) in [5.41, 5.74) is 1.08. The quantitative estimate of drug-likeness (QED) is 0.942. The van der Waals surface area contributed by atoms with E-state index in [1.54, 1.807) is 11.3 Å². The molecule has 1 aliphatic heterocycles. The lowest BCUT2D eigenvalue weighted by molar-refractivity contribution is 0.171. The zero-order valence-corrected chi connectivity index (χ0v) is 12.7. The molecule has 20 heavy (non-hydrogen) atoms. The lowest BCUT2D eigenvalue weighted by atomic mass is 10.2. The van der Waals surface area contributed by atoms with Gasteiger partial charge in [0.1, 0.15) is 18.2 Å². The second-order valence-corrected chi connectivity index (χ2v) is 6.30. The van der Waals surface area contributed by atoms with Gasteiger partial charge in [-0.2, -0.15) is 0 Å². The van der Waals surface area contributed by atoms with Gasteiger partial charge < -0.3 is 14.8 Å². The van der Waals surface area contributed by atoms with Crippen molar-refractivity contribution >= 4 is 22.9 Å². The largest absolute Gasteiger partial charge is 0.486 e. The first-order valence-corrected chi connectivity index (χ1v) is 7.62. The monoisotopic (exact) mass is 310 g/mol. The fourth-order valence-electron chi connectivity index (χ4n) is 2.06. The van der Waals surface area contributed by atoms with Crippen LogP contribution in [0.2, 0.25) is 5.02 Å². The number of rotatable bonds is 4. The van der Waals surface area contributed by atoms with Crippen LogP contribution in [0.5, 0.6) is 11.5 Å². The minimum Gasteiger partial charge on any atom is -0.486 e. The number of hydrogen-bond acceptors (Lipinski definition) is 5. The lowest BCUT2D eigenvalue weighted by Crippen LogP contribution is -2.17. The standard InChI is InChI=1S/C14H15ClN2O2S/c1-9-6-17-13(20-9)8-16-7-10-4-11(15)14-12(5-10)18-2-3-19-14/h4-6,16H,2-3,7-8H2,1H3. The van der Waals surface area contributed by atoms with Crippen LogP contribution in [0.3, 0.4) is 0 Å². The molecule has 2 aromatic rings. The van der Waals surface area contributed by atoms with Gasteiger partial charge in [-0.05, 0) is 24.6 Å². The molecule has 0 aliphatic carbocycles. The van der Waals surface area contributed by atoms with Gasteiger partial charge in [-0.15, -0.1) is 11.3 Å². The Bertz CT molecular complexity index is 615. The summed E-state index contributed by atoms with van der Waals surface area (Å²) < 4.78 is 11.1. The highest BCUT2D eigenvalue weighted by molar-refractivity contribution is 7.11. The minimum atomic E-state index is 0.549. The van der Waals surface area contributed by atoms with Crippen molar-refractivity contribution in [1.29, 1.82) is 0 Å². The van der Waals surface area contributed by atoms with Gasteiger partial charge in [0.2, 0.25) is 0 Å². The third kappa shape index (κ3) is 3.06. The van der Waals surface area contributed by atoms with E-state index in [9.17, 15) is 0 Å². The number of aromatic nitrogens is 1. The highest BCUT2D eigenvalue weighted by atomic mass is 35.5.